The van der Waals surface area contributed by atoms with E-state index in [-0.39, 0.29) is 5.91 Å². The van der Waals surface area contributed by atoms with Gasteiger partial charge in [0.1, 0.15) is 16.5 Å². The summed E-state index contributed by atoms with van der Waals surface area (Å²) in [6.45, 7) is 9.32. The number of hydrogen-bond donors (Lipinski definition) is 0. The average molecular weight is 482 g/mol. The van der Waals surface area contributed by atoms with Crippen molar-refractivity contribution in [3.63, 3.8) is 0 Å². The number of hydrogen-bond acceptors (Lipinski definition) is 8. The van der Waals surface area contributed by atoms with Crippen LogP contribution in [0.2, 0.25) is 0 Å². The number of morpholine rings is 1. The second-order valence-corrected chi connectivity index (χ2v) is 10.7. The van der Waals surface area contributed by atoms with Gasteiger partial charge in [-0.15, -0.1) is 11.3 Å². The predicted octanol–water partition coefficient (Wildman–Crippen LogP) is 3.20. The number of amides is 1. The van der Waals surface area contributed by atoms with E-state index in [2.05, 4.69) is 16.7 Å². The van der Waals surface area contributed by atoms with E-state index in [4.69, 9.17) is 19.1 Å². The van der Waals surface area contributed by atoms with Crippen LogP contribution in [-0.2, 0) is 24.1 Å². The van der Waals surface area contributed by atoms with Crippen molar-refractivity contribution >= 4 is 33.3 Å². The van der Waals surface area contributed by atoms with E-state index in [1.54, 1.807) is 18.4 Å². The van der Waals surface area contributed by atoms with Crippen molar-refractivity contribution in [2.24, 2.45) is 5.92 Å². The van der Waals surface area contributed by atoms with Crippen LogP contribution < -0.4 is 4.90 Å². The molecule has 5 heterocycles. The Labute approximate surface area is 203 Å². The number of aryl methyl sites for hydroxylation is 1. The molecule has 0 N–H and O–H groups in total. The molecule has 2 saturated heterocycles. The van der Waals surface area contributed by atoms with Crippen molar-refractivity contribution in [2.45, 2.75) is 32.7 Å². The molecule has 2 aliphatic heterocycles. The zero-order chi connectivity index (χ0) is 23.1. The fraction of sp³-hybridized carbons (Fsp3) is 0.560. The molecule has 6 rings (SSSR count). The van der Waals surface area contributed by atoms with Crippen molar-refractivity contribution in [1.82, 2.24) is 19.8 Å². The largest absolute Gasteiger partial charge is 0.459 e. The molecule has 1 atom stereocenters. The number of piperazine rings is 1. The maximum absolute atomic E-state index is 12.7. The van der Waals surface area contributed by atoms with Gasteiger partial charge in [0, 0.05) is 44.1 Å². The summed E-state index contributed by atoms with van der Waals surface area (Å²) < 4.78 is 10.8. The highest BCUT2D eigenvalue weighted by atomic mass is 32.1. The van der Waals surface area contributed by atoms with Crippen LogP contribution >= 0.6 is 11.3 Å². The smallest absolute Gasteiger partial charge is 0.289 e. The summed E-state index contributed by atoms with van der Waals surface area (Å²) in [6, 6.07) is 3.50. The van der Waals surface area contributed by atoms with Crippen LogP contribution in [0.5, 0.6) is 0 Å². The number of anilines is 1. The third-order valence-electron chi connectivity index (χ3n) is 7.25. The van der Waals surface area contributed by atoms with Gasteiger partial charge in [0.15, 0.2) is 5.76 Å². The molecule has 0 radical (unpaired) electrons. The van der Waals surface area contributed by atoms with Crippen molar-refractivity contribution in [3.05, 3.63) is 40.4 Å². The molecule has 0 bridgehead atoms. The van der Waals surface area contributed by atoms with Gasteiger partial charge in [0.2, 0.25) is 0 Å². The summed E-state index contributed by atoms with van der Waals surface area (Å²) in [5.74, 6) is 3.05. The first-order valence-corrected chi connectivity index (χ1v) is 13.2. The molecule has 1 aliphatic carbocycles. The minimum absolute atomic E-state index is 0.0348. The van der Waals surface area contributed by atoms with Crippen LogP contribution in [0, 0.1) is 5.92 Å². The van der Waals surface area contributed by atoms with Crippen molar-refractivity contribution in [1.29, 1.82) is 0 Å². The van der Waals surface area contributed by atoms with E-state index in [1.807, 2.05) is 16.2 Å². The minimum atomic E-state index is -0.0348. The third kappa shape index (κ3) is 4.21. The van der Waals surface area contributed by atoms with Crippen molar-refractivity contribution in [2.75, 3.05) is 57.4 Å². The Kier molecular flexibility index (Phi) is 6.01. The molecule has 3 aliphatic rings. The molecule has 180 valence electrons. The zero-order valence-electron chi connectivity index (χ0n) is 19.7. The van der Waals surface area contributed by atoms with Crippen molar-refractivity contribution in [3.8, 4) is 0 Å². The number of nitrogens with zero attached hydrogens (tertiary/aromatic N) is 5. The number of aromatic nitrogens is 2. The van der Waals surface area contributed by atoms with Crippen LogP contribution in [0.15, 0.2) is 22.8 Å². The van der Waals surface area contributed by atoms with E-state index in [0.29, 0.717) is 18.8 Å². The number of carbonyl (C=O) groups excluding carboxylic acids is 1. The monoisotopic (exact) mass is 481 g/mol. The predicted molar refractivity (Wildman–Crippen MR) is 132 cm³/mol. The Hall–Kier alpha value is -2.49. The zero-order valence-corrected chi connectivity index (χ0v) is 20.5. The third-order valence-corrected chi connectivity index (χ3v) is 8.40. The molecule has 0 saturated carbocycles. The van der Waals surface area contributed by atoms with E-state index in [9.17, 15) is 4.79 Å². The first kappa shape index (κ1) is 22.0. The van der Waals surface area contributed by atoms with E-state index < -0.39 is 0 Å². The number of furan rings is 1. The van der Waals surface area contributed by atoms with Gasteiger partial charge in [0.25, 0.3) is 5.91 Å². The van der Waals surface area contributed by atoms with Crippen molar-refractivity contribution < 1.29 is 13.9 Å². The van der Waals surface area contributed by atoms with E-state index in [0.717, 1.165) is 81.2 Å². The number of fused-ring (bicyclic) bond motifs is 3. The number of ether oxygens (including phenoxy) is 1. The fourth-order valence-corrected chi connectivity index (χ4v) is 6.70. The lowest BCUT2D eigenvalue weighted by molar-refractivity contribution is 0.0331. The normalized spacial score (nSPS) is 21.7. The molecular formula is C25H31N5O3S. The Bertz CT molecular complexity index is 1160. The first-order chi connectivity index (χ1) is 16.7. The van der Waals surface area contributed by atoms with Gasteiger partial charge in [-0.25, -0.2) is 9.97 Å². The topological polar surface area (TPSA) is 74.9 Å². The van der Waals surface area contributed by atoms with E-state index >= 15 is 0 Å². The maximum Gasteiger partial charge on any atom is 0.289 e. The number of carbonyl (C=O) groups is 1. The van der Waals surface area contributed by atoms with Crippen LogP contribution in [0.1, 0.15) is 40.2 Å². The molecule has 0 spiro atoms. The van der Waals surface area contributed by atoms with Crippen LogP contribution in [0.4, 0.5) is 5.82 Å². The molecular weight excluding hydrogens is 450 g/mol. The number of thiophene rings is 1. The van der Waals surface area contributed by atoms with Gasteiger partial charge in [-0.2, -0.15) is 0 Å². The molecule has 3 aromatic rings. The highest BCUT2D eigenvalue weighted by Crippen LogP contribution is 2.41. The summed E-state index contributed by atoms with van der Waals surface area (Å²) in [5, 5.41) is 1.25. The van der Waals surface area contributed by atoms with Gasteiger partial charge in [-0.05, 0) is 42.9 Å². The molecule has 2 fully saturated rings. The molecule has 8 nitrogen and oxygen atoms in total. The summed E-state index contributed by atoms with van der Waals surface area (Å²) in [6.07, 6.45) is 5.02. The summed E-state index contributed by atoms with van der Waals surface area (Å²) in [7, 11) is 0. The average Bonchev–Trinajstić information content (AvgIpc) is 3.52. The van der Waals surface area contributed by atoms with Gasteiger partial charge >= 0.3 is 0 Å². The molecule has 9 heteroatoms. The quantitative estimate of drug-likeness (QED) is 0.566. The highest BCUT2D eigenvalue weighted by molar-refractivity contribution is 7.19. The fourth-order valence-electron chi connectivity index (χ4n) is 5.30. The van der Waals surface area contributed by atoms with Crippen LogP contribution in [0.25, 0.3) is 10.2 Å². The number of rotatable bonds is 4. The highest BCUT2D eigenvalue weighted by Gasteiger charge is 2.29. The molecule has 34 heavy (non-hydrogen) atoms. The first-order valence-electron chi connectivity index (χ1n) is 12.3. The Morgan fingerprint density at radius 2 is 1.97 bits per heavy atom. The van der Waals surface area contributed by atoms with Gasteiger partial charge in [-0.1, -0.05) is 6.92 Å². The van der Waals surface area contributed by atoms with Gasteiger partial charge < -0.3 is 19.0 Å². The lowest BCUT2D eigenvalue weighted by Crippen LogP contribution is -2.49. The summed E-state index contributed by atoms with van der Waals surface area (Å²) in [5.41, 5.74) is 1.46. The Balaban J connectivity index is 1.30. The minimum Gasteiger partial charge on any atom is -0.459 e. The van der Waals surface area contributed by atoms with Crippen LogP contribution in [-0.4, -0.2) is 78.2 Å². The second kappa shape index (κ2) is 9.28. The lowest BCUT2D eigenvalue weighted by Gasteiger charge is -2.35. The molecule has 0 unspecified atom stereocenters. The van der Waals surface area contributed by atoms with Gasteiger partial charge in [-0.3, -0.25) is 9.69 Å². The Morgan fingerprint density at radius 1 is 1.15 bits per heavy atom. The summed E-state index contributed by atoms with van der Waals surface area (Å²) in [4.78, 5) is 32.2. The molecule has 0 aromatic carbocycles. The molecule has 1 amide bonds. The Morgan fingerprint density at radius 3 is 2.74 bits per heavy atom. The summed E-state index contributed by atoms with van der Waals surface area (Å²) >= 11 is 1.86. The van der Waals surface area contributed by atoms with Gasteiger partial charge in [0.05, 0.1) is 31.4 Å². The van der Waals surface area contributed by atoms with Crippen LogP contribution in [0.3, 0.4) is 0 Å². The van der Waals surface area contributed by atoms with E-state index in [1.165, 1.54) is 22.2 Å². The maximum atomic E-state index is 12.7. The second-order valence-electron chi connectivity index (χ2n) is 9.64. The SMILES string of the molecule is C[C@@H]1CCc2c(sc3nc(CN4CCOCC4)nc(N4CCN(C(=O)c5ccco5)CC4)c23)C1. The lowest BCUT2D eigenvalue weighted by atomic mass is 9.89. The molecule has 3 aromatic heterocycles. The standard InChI is InChI=1S/C25H31N5O3S/c1-17-4-5-18-20(15-17)34-24-22(18)23(26-21(27-24)16-28-10-13-32-14-11-28)29-6-8-30(9-7-29)25(31)19-3-2-12-33-19/h2-3,12,17H,4-11,13-16H2,1H3/t17-/m1/s1.